The summed E-state index contributed by atoms with van der Waals surface area (Å²) >= 11 is 0. The van der Waals surface area contributed by atoms with Crippen LogP contribution in [-0.2, 0) is 4.74 Å². The minimum absolute atomic E-state index is 0.148. The highest BCUT2D eigenvalue weighted by atomic mass is 16.6. The molecule has 0 radical (unpaired) electrons. The Morgan fingerprint density at radius 3 is 3.00 bits per heavy atom. The molecule has 16 heavy (non-hydrogen) atoms. The van der Waals surface area contributed by atoms with Gasteiger partial charge in [-0.2, -0.15) is 9.94 Å². The largest absolute Gasteiger partial charge is 0.368 e. The molecular formula is C10H7N5O. The average Bonchev–Trinajstić information content (AvgIpc) is 3.04. The topological polar surface area (TPSA) is 79.9 Å². The van der Waals surface area contributed by atoms with Gasteiger partial charge in [0.2, 0.25) is 0 Å². The second-order valence-corrected chi connectivity index (χ2v) is 3.46. The maximum atomic E-state index is 9.07. The van der Waals surface area contributed by atoms with E-state index in [1.165, 1.54) is 11.0 Å². The van der Waals surface area contributed by atoms with Gasteiger partial charge < -0.3 is 4.74 Å². The molecule has 0 amide bonds. The first-order chi connectivity index (χ1) is 7.88. The van der Waals surface area contributed by atoms with Crippen molar-refractivity contribution in [3.8, 4) is 11.8 Å². The van der Waals surface area contributed by atoms with Gasteiger partial charge in [-0.15, -0.1) is 5.10 Å². The first kappa shape index (κ1) is 9.00. The highest BCUT2D eigenvalue weighted by Crippen LogP contribution is 2.31. The molecule has 2 aromatic rings. The third-order valence-corrected chi connectivity index (χ3v) is 2.44. The first-order valence-electron chi connectivity index (χ1n) is 4.77. The monoisotopic (exact) mass is 213 g/mol. The van der Waals surface area contributed by atoms with E-state index in [4.69, 9.17) is 10.00 Å². The van der Waals surface area contributed by atoms with Crippen LogP contribution in [0.1, 0.15) is 17.2 Å². The van der Waals surface area contributed by atoms with Crippen LogP contribution in [0, 0.1) is 11.3 Å². The summed E-state index contributed by atoms with van der Waals surface area (Å²) in [7, 11) is 0. The maximum Gasteiger partial charge on any atom is 0.143 e. The number of hydrogen-bond donors (Lipinski definition) is 0. The van der Waals surface area contributed by atoms with E-state index in [2.05, 4.69) is 21.6 Å². The number of epoxide rings is 1. The summed E-state index contributed by atoms with van der Waals surface area (Å²) in [4.78, 5) is 0. The first-order valence-corrected chi connectivity index (χ1v) is 4.77. The molecule has 2 heterocycles. The van der Waals surface area contributed by atoms with E-state index < -0.39 is 0 Å². The fraction of sp³-hybridized carbons (Fsp3) is 0.200. The number of tetrazole rings is 1. The Labute approximate surface area is 91.1 Å². The zero-order chi connectivity index (χ0) is 11.0. The van der Waals surface area contributed by atoms with E-state index in [0.717, 1.165) is 12.2 Å². The minimum atomic E-state index is 0.148. The Kier molecular flexibility index (Phi) is 1.91. The predicted molar refractivity (Wildman–Crippen MR) is 52.6 cm³/mol. The predicted octanol–water partition coefficient (Wildman–Crippen LogP) is 0.605. The van der Waals surface area contributed by atoms with Gasteiger partial charge >= 0.3 is 0 Å². The number of nitriles is 1. The summed E-state index contributed by atoms with van der Waals surface area (Å²) in [5, 5.41) is 19.9. The third-order valence-electron chi connectivity index (χ3n) is 2.44. The molecule has 1 aliphatic rings. The van der Waals surface area contributed by atoms with Crippen molar-refractivity contribution in [1.82, 2.24) is 20.2 Å². The van der Waals surface area contributed by atoms with Crippen molar-refractivity contribution in [2.45, 2.75) is 6.10 Å². The number of benzene rings is 1. The molecule has 1 aromatic heterocycles. The van der Waals surface area contributed by atoms with Gasteiger partial charge in [-0.25, -0.2) is 0 Å². The Morgan fingerprint density at radius 1 is 1.50 bits per heavy atom. The fourth-order valence-electron chi connectivity index (χ4n) is 1.56. The zero-order valence-electron chi connectivity index (χ0n) is 8.24. The minimum Gasteiger partial charge on any atom is -0.368 e. The van der Waals surface area contributed by atoms with E-state index in [9.17, 15) is 0 Å². The van der Waals surface area contributed by atoms with Gasteiger partial charge in [-0.1, -0.05) is 6.07 Å². The van der Waals surface area contributed by atoms with Crippen molar-refractivity contribution in [3.63, 3.8) is 0 Å². The van der Waals surface area contributed by atoms with Crippen LogP contribution in [0.4, 0.5) is 0 Å². The zero-order valence-corrected chi connectivity index (χ0v) is 8.24. The molecule has 0 spiro atoms. The van der Waals surface area contributed by atoms with Crippen LogP contribution in [0.15, 0.2) is 24.5 Å². The Hall–Kier alpha value is -2.26. The lowest BCUT2D eigenvalue weighted by Crippen LogP contribution is -1.99. The van der Waals surface area contributed by atoms with Gasteiger partial charge in [0.1, 0.15) is 18.5 Å². The summed E-state index contributed by atoms with van der Waals surface area (Å²) in [6.07, 6.45) is 1.61. The van der Waals surface area contributed by atoms with E-state index in [0.29, 0.717) is 11.3 Å². The molecule has 1 saturated heterocycles. The quantitative estimate of drug-likeness (QED) is 0.682. The number of ether oxygens (including phenoxy) is 1. The van der Waals surface area contributed by atoms with Crippen LogP contribution in [0.25, 0.3) is 5.69 Å². The Balaban J connectivity index is 2.09. The van der Waals surface area contributed by atoms with Gasteiger partial charge in [0.25, 0.3) is 0 Å². The molecule has 0 bridgehead atoms. The number of nitrogens with zero attached hydrogens (tertiary/aromatic N) is 5. The van der Waals surface area contributed by atoms with Crippen molar-refractivity contribution in [1.29, 1.82) is 5.26 Å². The van der Waals surface area contributed by atoms with E-state index >= 15 is 0 Å². The van der Waals surface area contributed by atoms with E-state index in [1.54, 1.807) is 0 Å². The fourth-order valence-corrected chi connectivity index (χ4v) is 1.56. The van der Waals surface area contributed by atoms with E-state index in [1.807, 2.05) is 18.2 Å². The van der Waals surface area contributed by atoms with Crippen molar-refractivity contribution in [3.05, 3.63) is 35.7 Å². The Morgan fingerprint density at radius 2 is 2.38 bits per heavy atom. The maximum absolute atomic E-state index is 9.07. The SMILES string of the molecule is N#Cc1cc([C@@H]2CO2)ccc1-n1cnnn1. The van der Waals surface area contributed by atoms with Crippen molar-refractivity contribution in [2.75, 3.05) is 6.61 Å². The van der Waals surface area contributed by atoms with Gasteiger partial charge in [0, 0.05) is 0 Å². The van der Waals surface area contributed by atoms with Gasteiger partial charge in [-0.05, 0) is 28.1 Å². The highest BCUT2D eigenvalue weighted by molar-refractivity contribution is 5.50. The van der Waals surface area contributed by atoms with Crippen molar-refractivity contribution in [2.24, 2.45) is 0 Å². The standard InChI is InChI=1S/C10H7N5O/c11-4-8-3-7(10-5-16-10)1-2-9(8)15-6-12-13-14-15/h1-3,6,10H,5H2/t10-/m0/s1. The molecule has 1 aliphatic heterocycles. The molecule has 1 atom stereocenters. The molecule has 6 nitrogen and oxygen atoms in total. The second-order valence-electron chi connectivity index (χ2n) is 3.46. The molecule has 6 heteroatoms. The lowest BCUT2D eigenvalue weighted by Gasteiger charge is -2.03. The van der Waals surface area contributed by atoms with Crippen LogP contribution < -0.4 is 0 Å². The molecule has 0 N–H and O–H groups in total. The normalized spacial score (nSPS) is 18.1. The number of hydrogen-bond acceptors (Lipinski definition) is 5. The molecule has 0 aliphatic carbocycles. The van der Waals surface area contributed by atoms with Crippen molar-refractivity contribution >= 4 is 0 Å². The summed E-state index contributed by atoms with van der Waals surface area (Å²) in [5.74, 6) is 0. The van der Waals surface area contributed by atoms with Crippen LogP contribution >= 0.6 is 0 Å². The van der Waals surface area contributed by atoms with Gasteiger partial charge in [0.05, 0.1) is 17.9 Å². The molecule has 1 aromatic carbocycles. The average molecular weight is 213 g/mol. The molecular weight excluding hydrogens is 206 g/mol. The molecule has 0 saturated carbocycles. The van der Waals surface area contributed by atoms with E-state index in [-0.39, 0.29) is 6.10 Å². The van der Waals surface area contributed by atoms with Crippen molar-refractivity contribution < 1.29 is 4.74 Å². The summed E-state index contributed by atoms with van der Waals surface area (Å²) in [6.45, 7) is 0.731. The highest BCUT2D eigenvalue weighted by Gasteiger charge is 2.25. The lowest BCUT2D eigenvalue weighted by atomic mass is 10.1. The summed E-state index contributed by atoms with van der Waals surface area (Å²) in [6, 6.07) is 7.70. The number of aromatic nitrogens is 4. The molecule has 0 unspecified atom stereocenters. The van der Waals surface area contributed by atoms with Crippen LogP contribution in [0.2, 0.25) is 0 Å². The van der Waals surface area contributed by atoms with Crippen LogP contribution in [0.5, 0.6) is 0 Å². The van der Waals surface area contributed by atoms with Crippen LogP contribution in [-0.4, -0.2) is 26.8 Å². The number of rotatable bonds is 2. The molecule has 3 rings (SSSR count). The second kappa shape index (κ2) is 3.40. The van der Waals surface area contributed by atoms with Crippen LogP contribution in [0.3, 0.4) is 0 Å². The smallest absolute Gasteiger partial charge is 0.143 e. The molecule has 78 valence electrons. The molecule has 1 fully saturated rings. The summed E-state index contributed by atoms with van der Waals surface area (Å²) < 4.78 is 6.64. The van der Waals surface area contributed by atoms with Gasteiger partial charge in [-0.3, -0.25) is 0 Å². The van der Waals surface area contributed by atoms with Gasteiger partial charge in [0.15, 0.2) is 0 Å². The third kappa shape index (κ3) is 1.43. The Bertz CT molecular complexity index is 553. The summed E-state index contributed by atoms with van der Waals surface area (Å²) in [5.41, 5.74) is 2.24. The lowest BCUT2D eigenvalue weighted by molar-refractivity contribution is 0.415.